The van der Waals surface area contributed by atoms with Gasteiger partial charge in [0.15, 0.2) is 0 Å². The summed E-state index contributed by atoms with van der Waals surface area (Å²) in [4.78, 5) is 0. The van der Waals surface area contributed by atoms with Crippen molar-refractivity contribution in [1.82, 2.24) is 15.5 Å². The van der Waals surface area contributed by atoms with Crippen molar-refractivity contribution in [2.75, 3.05) is 18.6 Å². The molecule has 1 aromatic rings. The summed E-state index contributed by atoms with van der Waals surface area (Å²) < 4.78 is 0. The minimum absolute atomic E-state index is 0.377. The summed E-state index contributed by atoms with van der Waals surface area (Å²) in [5.74, 6) is 1.63. The second-order valence-electron chi connectivity index (χ2n) is 4.25. The van der Waals surface area contributed by atoms with Crippen LogP contribution in [0.4, 0.5) is 0 Å². The molecule has 2 atom stereocenters. The first-order valence-electron chi connectivity index (χ1n) is 6.28. The van der Waals surface area contributed by atoms with Crippen molar-refractivity contribution < 1.29 is 0 Å². The number of nitrogens with zero attached hydrogens (tertiary/aromatic N) is 2. The number of hydrogen-bond acceptors (Lipinski definition) is 5. The average molecular weight is 273 g/mol. The lowest BCUT2D eigenvalue weighted by molar-refractivity contribution is 0.512. The third kappa shape index (κ3) is 4.56. The maximum Gasteiger partial charge on any atom is 0.134 e. The number of thioether (sulfide) groups is 1. The van der Waals surface area contributed by atoms with Gasteiger partial charge < -0.3 is 5.32 Å². The number of hydrogen-bond donors (Lipinski definition) is 1. The Morgan fingerprint density at radius 1 is 1.29 bits per heavy atom. The Labute approximate surface area is 113 Å². The van der Waals surface area contributed by atoms with Crippen molar-refractivity contribution in [3.63, 3.8) is 0 Å². The fourth-order valence-corrected chi connectivity index (χ4v) is 3.45. The Balaban J connectivity index is 2.64. The molecule has 0 radical (unpaired) electrons. The van der Waals surface area contributed by atoms with Crippen LogP contribution in [-0.2, 0) is 0 Å². The van der Waals surface area contributed by atoms with Gasteiger partial charge in [-0.05, 0) is 25.6 Å². The maximum atomic E-state index is 4.34. The summed E-state index contributed by atoms with van der Waals surface area (Å²) >= 11 is 3.63. The highest BCUT2D eigenvalue weighted by Gasteiger charge is 2.17. The van der Waals surface area contributed by atoms with E-state index < -0.39 is 0 Å². The van der Waals surface area contributed by atoms with Gasteiger partial charge >= 0.3 is 0 Å². The lowest BCUT2D eigenvalue weighted by atomic mass is 10.2. The van der Waals surface area contributed by atoms with E-state index in [0.29, 0.717) is 12.0 Å². The van der Waals surface area contributed by atoms with Crippen LogP contribution in [0.3, 0.4) is 0 Å². The van der Waals surface area contributed by atoms with E-state index in [2.05, 4.69) is 42.5 Å². The number of rotatable bonds is 8. The minimum atomic E-state index is 0.377. The highest BCUT2D eigenvalue weighted by molar-refractivity contribution is 7.98. The Kier molecular flexibility index (Phi) is 7.08. The van der Waals surface area contributed by atoms with Crippen LogP contribution in [0.2, 0.25) is 0 Å². The van der Waals surface area contributed by atoms with Crippen LogP contribution in [0.1, 0.15) is 55.6 Å². The summed E-state index contributed by atoms with van der Waals surface area (Å²) in [6.07, 6.45) is 4.37. The lowest BCUT2D eigenvalue weighted by Crippen LogP contribution is -2.21. The molecule has 2 unspecified atom stereocenters. The molecule has 0 aliphatic rings. The van der Waals surface area contributed by atoms with Gasteiger partial charge in [0.1, 0.15) is 10.0 Å². The molecule has 0 bridgehead atoms. The molecule has 0 aliphatic heterocycles. The molecule has 1 rings (SSSR count). The summed E-state index contributed by atoms with van der Waals surface area (Å²) in [7, 11) is 0. The van der Waals surface area contributed by atoms with Crippen LogP contribution in [0, 0.1) is 0 Å². The van der Waals surface area contributed by atoms with E-state index in [1.165, 1.54) is 5.01 Å². The van der Waals surface area contributed by atoms with Gasteiger partial charge in [-0.2, -0.15) is 11.8 Å². The zero-order valence-corrected chi connectivity index (χ0v) is 12.8. The fraction of sp³-hybridized carbons (Fsp3) is 0.833. The molecular weight excluding hydrogens is 250 g/mol. The monoisotopic (exact) mass is 273 g/mol. The number of nitrogens with one attached hydrogen (secondary N) is 1. The molecule has 3 nitrogen and oxygen atoms in total. The molecule has 0 amide bonds. The highest BCUT2D eigenvalue weighted by atomic mass is 32.2. The molecule has 98 valence electrons. The van der Waals surface area contributed by atoms with E-state index >= 15 is 0 Å². The summed E-state index contributed by atoms with van der Waals surface area (Å²) in [5.41, 5.74) is 0. The molecule has 5 heteroatoms. The quantitative estimate of drug-likeness (QED) is 0.787. The Morgan fingerprint density at radius 2 is 2.00 bits per heavy atom. The molecule has 0 saturated carbocycles. The molecule has 0 saturated heterocycles. The first-order chi connectivity index (χ1) is 8.22. The van der Waals surface area contributed by atoms with Crippen LogP contribution < -0.4 is 5.32 Å². The number of aromatic nitrogens is 2. The second kappa shape index (κ2) is 8.06. The fourth-order valence-electron chi connectivity index (χ4n) is 1.63. The predicted molar refractivity (Wildman–Crippen MR) is 78.0 cm³/mol. The second-order valence-corrected chi connectivity index (χ2v) is 6.20. The molecular formula is C12H23N3S2. The topological polar surface area (TPSA) is 37.8 Å². The average Bonchev–Trinajstić information content (AvgIpc) is 2.80. The van der Waals surface area contributed by atoms with Crippen LogP contribution >= 0.6 is 23.1 Å². The minimum Gasteiger partial charge on any atom is -0.308 e. The van der Waals surface area contributed by atoms with Crippen molar-refractivity contribution >= 4 is 23.1 Å². The molecule has 1 heterocycles. The molecule has 0 fully saturated rings. The van der Waals surface area contributed by atoms with Crippen molar-refractivity contribution in [1.29, 1.82) is 0 Å². The van der Waals surface area contributed by atoms with Crippen molar-refractivity contribution in [3.8, 4) is 0 Å². The Morgan fingerprint density at radius 3 is 2.59 bits per heavy atom. The molecule has 1 N–H and O–H groups in total. The highest BCUT2D eigenvalue weighted by Crippen LogP contribution is 2.27. The zero-order valence-electron chi connectivity index (χ0n) is 11.2. The smallest absolute Gasteiger partial charge is 0.134 e. The lowest BCUT2D eigenvalue weighted by Gasteiger charge is -2.12. The predicted octanol–water partition coefficient (Wildman–Crippen LogP) is 3.46. The Bertz CT molecular complexity index is 314. The third-order valence-electron chi connectivity index (χ3n) is 2.64. The summed E-state index contributed by atoms with van der Waals surface area (Å²) in [6, 6.07) is 0.377. The van der Waals surface area contributed by atoms with Gasteiger partial charge in [0.25, 0.3) is 0 Å². The maximum absolute atomic E-state index is 4.34. The van der Waals surface area contributed by atoms with Gasteiger partial charge in [-0.25, -0.2) is 0 Å². The van der Waals surface area contributed by atoms with Gasteiger partial charge in [0, 0.05) is 11.7 Å². The van der Waals surface area contributed by atoms with E-state index in [4.69, 9.17) is 0 Å². The third-order valence-corrected chi connectivity index (χ3v) is 4.74. The van der Waals surface area contributed by atoms with E-state index in [1.54, 1.807) is 11.3 Å². The first-order valence-corrected chi connectivity index (χ1v) is 8.49. The van der Waals surface area contributed by atoms with Gasteiger partial charge in [-0.3, -0.25) is 0 Å². The summed E-state index contributed by atoms with van der Waals surface area (Å²) in [6.45, 7) is 7.65. The molecule has 0 spiro atoms. The Hall–Kier alpha value is -0.130. The SMILES string of the molecule is CCCNC(CC)c1nnc(C(C)CSC)s1. The molecule has 0 aliphatic carbocycles. The van der Waals surface area contributed by atoms with E-state index in [9.17, 15) is 0 Å². The van der Waals surface area contributed by atoms with Crippen molar-refractivity contribution in [3.05, 3.63) is 10.0 Å². The van der Waals surface area contributed by atoms with Crippen LogP contribution in [-0.4, -0.2) is 28.8 Å². The molecule has 17 heavy (non-hydrogen) atoms. The first kappa shape index (κ1) is 14.9. The largest absolute Gasteiger partial charge is 0.308 e. The van der Waals surface area contributed by atoms with Crippen molar-refractivity contribution in [2.45, 2.75) is 45.6 Å². The van der Waals surface area contributed by atoms with Crippen molar-refractivity contribution in [2.24, 2.45) is 0 Å². The van der Waals surface area contributed by atoms with Gasteiger partial charge in [0.2, 0.25) is 0 Å². The van der Waals surface area contributed by atoms with Gasteiger partial charge in [-0.1, -0.05) is 32.1 Å². The van der Waals surface area contributed by atoms with E-state index in [1.807, 2.05) is 11.8 Å². The van der Waals surface area contributed by atoms with Crippen LogP contribution in [0.5, 0.6) is 0 Å². The van der Waals surface area contributed by atoms with Gasteiger partial charge in [0.05, 0.1) is 6.04 Å². The normalized spacial score (nSPS) is 14.8. The van der Waals surface area contributed by atoms with Crippen LogP contribution in [0.15, 0.2) is 0 Å². The molecule has 1 aromatic heterocycles. The summed E-state index contributed by atoms with van der Waals surface area (Å²) in [5, 5.41) is 14.5. The van der Waals surface area contributed by atoms with E-state index in [0.717, 1.165) is 30.1 Å². The van der Waals surface area contributed by atoms with Crippen LogP contribution in [0.25, 0.3) is 0 Å². The molecule has 0 aromatic carbocycles. The zero-order chi connectivity index (χ0) is 12.7. The van der Waals surface area contributed by atoms with Gasteiger partial charge in [-0.15, -0.1) is 10.2 Å². The standard InChI is InChI=1S/C12H23N3S2/c1-5-7-13-10(6-2)12-15-14-11(17-12)9(3)8-16-4/h9-10,13H,5-8H2,1-4H3. The van der Waals surface area contributed by atoms with E-state index in [-0.39, 0.29) is 0 Å².